The van der Waals surface area contributed by atoms with Crippen LogP contribution >= 0.6 is 11.6 Å². The Morgan fingerprint density at radius 2 is 1.92 bits per heavy atom. The number of aliphatic imine (C=N–C) groups is 1. The molecule has 2 aromatic rings. The molecule has 0 bridgehead atoms. The van der Waals surface area contributed by atoms with Crippen LogP contribution in [0.2, 0.25) is 5.02 Å². The van der Waals surface area contributed by atoms with Gasteiger partial charge in [0.15, 0.2) is 0 Å². The number of nitrogens with zero attached hydrogens (tertiary/aromatic N) is 2. The zero-order valence-corrected chi connectivity index (χ0v) is 15.9. The fourth-order valence-electron chi connectivity index (χ4n) is 3.12. The first-order chi connectivity index (χ1) is 12.6. The molecule has 0 spiro atoms. The topological polar surface area (TPSA) is 41.9 Å². The third-order valence-electron chi connectivity index (χ3n) is 4.41. The summed E-state index contributed by atoms with van der Waals surface area (Å²) in [5.41, 5.74) is 3.12. The minimum Gasteiger partial charge on any atom is -0.493 e. The first-order valence-corrected chi connectivity index (χ1v) is 9.24. The molecular weight excluding hydrogens is 348 g/mol. The number of halogens is 1. The predicted molar refractivity (Wildman–Crippen MR) is 105 cm³/mol. The van der Waals surface area contributed by atoms with E-state index in [-0.39, 0.29) is 5.91 Å². The molecule has 0 unspecified atom stereocenters. The van der Waals surface area contributed by atoms with Gasteiger partial charge in [-0.1, -0.05) is 41.9 Å². The van der Waals surface area contributed by atoms with E-state index in [0.29, 0.717) is 43.4 Å². The van der Waals surface area contributed by atoms with Crippen LogP contribution in [-0.4, -0.2) is 36.3 Å². The second kappa shape index (κ2) is 8.37. The highest BCUT2D eigenvalue weighted by atomic mass is 35.5. The van der Waals surface area contributed by atoms with Gasteiger partial charge in [-0.05, 0) is 43.5 Å². The molecule has 0 saturated carbocycles. The number of hydrogen-bond donors (Lipinski definition) is 0. The number of amidine groups is 1. The van der Waals surface area contributed by atoms with E-state index >= 15 is 0 Å². The standard InChI is InChI=1S/C21H23ClN2O2/c1-15-6-3-7-16(2)20(15)26-13-5-10-19(25)24-12-11-23-21(24)17-8-4-9-18(22)14-17/h3-4,6-9,14H,5,10-13H2,1-2H3. The number of aryl methyl sites for hydroxylation is 2. The van der Waals surface area contributed by atoms with E-state index in [4.69, 9.17) is 16.3 Å². The molecule has 1 heterocycles. The molecule has 5 heteroatoms. The zero-order chi connectivity index (χ0) is 18.5. The zero-order valence-electron chi connectivity index (χ0n) is 15.2. The lowest BCUT2D eigenvalue weighted by Crippen LogP contribution is -2.34. The van der Waals surface area contributed by atoms with Gasteiger partial charge in [0.2, 0.25) is 5.91 Å². The summed E-state index contributed by atoms with van der Waals surface area (Å²) in [5, 5.41) is 0.645. The maximum absolute atomic E-state index is 12.6. The summed E-state index contributed by atoms with van der Waals surface area (Å²) >= 11 is 6.06. The number of carbonyl (C=O) groups is 1. The number of amides is 1. The lowest BCUT2D eigenvalue weighted by Gasteiger charge is -2.19. The summed E-state index contributed by atoms with van der Waals surface area (Å²) in [7, 11) is 0. The molecule has 1 amide bonds. The number of ether oxygens (including phenoxy) is 1. The molecule has 0 fully saturated rings. The monoisotopic (exact) mass is 370 g/mol. The van der Waals surface area contributed by atoms with Crippen molar-refractivity contribution in [2.24, 2.45) is 4.99 Å². The molecule has 0 radical (unpaired) electrons. The molecule has 4 nitrogen and oxygen atoms in total. The Labute approximate surface area is 159 Å². The van der Waals surface area contributed by atoms with Crippen LogP contribution in [-0.2, 0) is 4.79 Å². The Hall–Kier alpha value is -2.33. The molecule has 3 rings (SSSR count). The maximum atomic E-state index is 12.6. The smallest absolute Gasteiger partial charge is 0.228 e. The summed E-state index contributed by atoms with van der Waals surface area (Å²) in [6.07, 6.45) is 1.11. The molecular formula is C21H23ClN2O2. The fourth-order valence-corrected chi connectivity index (χ4v) is 3.31. The van der Waals surface area contributed by atoms with Crippen LogP contribution in [0.4, 0.5) is 0 Å². The Kier molecular flexibility index (Phi) is 5.94. The molecule has 0 aromatic heterocycles. The molecule has 1 aliphatic heterocycles. The van der Waals surface area contributed by atoms with Crippen molar-refractivity contribution in [2.45, 2.75) is 26.7 Å². The molecule has 1 aliphatic rings. The number of benzene rings is 2. The molecule has 0 N–H and O–H groups in total. The molecule has 0 atom stereocenters. The van der Waals surface area contributed by atoms with Gasteiger partial charge in [-0.3, -0.25) is 14.7 Å². The summed E-state index contributed by atoms with van der Waals surface area (Å²) in [6.45, 7) is 5.84. The van der Waals surface area contributed by atoms with Crippen LogP contribution in [0.25, 0.3) is 0 Å². The van der Waals surface area contributed by atoms with E-state index in [1.54, 1.807) is 4.90 Å². The van der Waals surface area contributed by atoms with Crippen molar-refractivity contribution in [2.75, 3.05) is 19.7 Å². The first-order valence-electron chi connectivity index (χ1n) is 8.86. The summed E-state index contributed by atoms with van der Waals surface area (Å²) < 4.78 is 5.89. The largest absolute Gasteiger partial charge is 0.493 e. The van der Waals surface area contributed by atoms with Crippen LogP contribution in [0, 0.1) is 13.8 Å². The Balaban J connectivity index is 1.54. The van der Waals surface area contributed by atoms with Gasteiger partial charge in [-0.15, -0.1) is 0 Å². The van der Waals surface area contributed by atoms with Gasteiger partial charge >= 0.3 is 0 Å². The minimum atomic E-state index is 0.0753. The van der Waals surface area contributed by atoms with Gasteiger partial charge in [0.25, 0.3) is 0 Å². The summed E-state index contributed by atoms with van der Waals surface area (Å²) in [5.74, 6) is 1.71. The van der Waals surface area contributed by atoms with Crippen molar-refractivity contribution in [1.29, 1.82) is 0 Å². The molecule has 0 saturated heterocycles. The van der Waals surface area contributed by atoms with E-state index in [0.717, 1.165) is 22.4 Å². The molecule has 26 heavy (non-hydrogen) atoms. The van der Waals surface area contributed by atoms with Crippen LogP contribution in [0.5, 0.6) is 5.75 Å². The highest BCUT2D eigenvalue weighted by Gasteiger charge is 2.24. The van der Waals surface area contributed by atoms with Crippen molar-refractivity contribution in [1.82, 2.24) is 4.90 Å². The van der Waals surface area contributed by atoms with E-state index in [9.17, 15) is 4.79 Å². The summed E-state index contributed by atoms with van der Waals surface area (Å²) in [6, 6.07) is 13.6. The first kappa shape index (κ1) is 18.5. The van der Waals surface area contributed by atoms with Crippen LogP contribution in [0.15, 0.2) is 47.5 Å². The third kappa shape index (κ3) is 4.25. The quantitative estimate of drug-likeness (QED) is 0.707. The number of rotatable bonds is 6. The van der Waals surface area contributed by atoms with Crippen molar-refractivity contribution < 1.29 is 9.53 Å². The lowest BCUT2D eigenvalue weighted by molar-refractivity contribution is -0.127. The van der Waals surface area contributed by atoms with Gasteiger partial charge in [-0.25, -0.2) is 0 Å². The Morgan fingerprint density at radius 3 is 2.65 bits per heavy atom. The van der Waals surface area contributed by atoms with Crippen LogP contribution in [0.1, 0.15) is 29.5 Å². The minimum absolute atomic E-state index is 0.0753. The number of hydrogen-bond acceptors (Lipinski definition) is 3. The fraction of sp³-hybridized carbons (Fsp3) is 0.333. The van der Waals surface area contributed by atoms with Crippen molar-refractivity contribution >= 4 is 23.3 Å². The number of para-hydroxylation sites is 1. The Bertz CT molecular complexity index is 812. The van der Waals surface area contributed by atoms with Gasteiger partial charge < -0.3 is 4.74 Å². The highest BCUT2D eigenvalue weighted by molar-refractivity contribution is 6.31. The SMILES string of the molecule is Cc1cccc(C)c1OCCCC(=O)N1CCN=C1c1cccc(Cl)c1. The lowest BCUT2D eigenvalue weighted by atomic mass is 10.1. The highest BCUT2D eigenvalue weighted by Crippen LogP contribution is 2.23. The third-order valence-corrected chi connectivity index (χ3v) is 4.65. The van der Waals surface area contributed by atoms with E-state index in [1.165, 1.54) is 0 Å². The van der Waals surface area contributed by atoms with Gasteiger partial charge in [-0.2, -0.15) is 0 Å². The van der Waals surface area contributed by atoms with Gasteiger partial charge in [0.05, 0.1) is 13.2 Å². The van der Waals surface area contributed by atoms with Crippen molar-refractivity contribution in [3.8, 4) is 5.75 Å². The van der Waals surface area contributed by atoms with E-state index in [1.807, 2.05) is 56.3 Å². The maximum Gasteiger partial charge on any atom is 0.228 e. The molecule has 0 aliphatic carbocycles. The van der Waals surface area contributed by atoms with Crippen LogP contribution in [0.3, 0.4) is 0 Å². The van der Waals surface area contributed by atoms with Crippen LogP contribution < -0.4 is 4.74 Å². The van der Waals surface area contributed by atoms with Crippen molar-refractivity contribution in [3.63, 3.8) is 0 Å². The van der Waals surface area contributed by atoms with Gasteiger partial charge in [0.1, 0.15) is 11.6 Å². The van der Waals surface area contributed by atoms with Gasteiger partial charge in [0, 0.05) is 23.6 Å². The normalized spacial score (nSPS) is 13.7. The predicted octanol–water partition coefficient (Wildman–Crippen LogP) is 4.40. The molecule has 136 valence electrons. The summed E-state index contributed by atoms with van der Waals surface area (Å²) in [4.78, 5) is 18.9. The van der Waals surface area contributed by atoms with Crippen molar-refractivity contribution in [3.05, 3.63) is 64.2 Å². The van der Waals surface area contributed by atoms with E-state index in [2.05, 4.69) is 4.99 Å². The number of carbonyl (C=O) groups excluding carboxylic acids is 1. The second-order valence-corrected chi connectivity index (χ2v) is 6.87. The second-order valence-electron chi connectivity index (χ2n) is 6.43. The molecule has 2 aromatic carbocycles. The average molecular weight is 371 g/mol. The Morgan fingerprint density at radius 1 is 1.19 bits per heavy atom. The van der Waals surface area contributed by atoms with E-state index < -0.39 is 0 Å². The average Bonchev–Trinajstić information content (AvgIpc) is 3.10.